The molecule has 190 valence electrons. The Morgan fingerprint density at radius 3 is 2.44 bits per heavy atom. The number of aromatic nitrogens is 1. The van der Waals surface area contributed by atoms with E-state index in [-0.39, 0.29) is 28.2 Å². The Hall–Kier alpha value is -3.21. The van der Waals surface area contributed by atoms with Crippen molar-refractivity contribution in [3.05, 3.63) is 92.6 Å². The number of hydrogen-bond donors (Lipinski definition) is 6. The first-order chi connectivity index (χ1) is 17.4. The van der Waals surface area contributed by atoms with Gasteiger partial charge in [0.05, 0.1) is 18.4 Å². The van der Waals surface area contributed by atoms with Gasteiger partial charge in [-0.1, -0.05) is 53.8 Å². The number of fused-ring (bicyclic) bond motifs is 1. The molecule has 3 aromatic carbocycles. The number of methoxy groups -OCH3 is 1. The number of para-hydroxylation sites is 1. The van der Waals surface area contributed by atoms with Gasteiger partial charge in [0.15, 0.2) is 0 Å². The molecule has 0 unspecified atom stereocenters. The van der Waals surface area contributed by atoms with Crippen LogP contribution in [0.1, 0.15) is 22.3 Å². The predicted molar refractivity (Wildman–Crippen MR) is 142 cm³/mol. The van der Waals surface area contributed by atoms with Crippen molar-refractivity contribution < 1.29 is 20.1 Å². The van der Waals surface area contributed by atoms with Gasteiger partial charge in [0.2, 0.25) is 5.79 Å². The van der Waals surface area contributed by atoms with Gasteiger partial charge < -0.3 is 35.7 Å². The van der Waals surface area contributed by atoms with E-state index in [1.807, 2.05) is 24.3 Å². The van der Waals surface area contributed by atoms with E-state index in [0.717, 1.165) is 54.1 Å². The van der Waals surface area contributed by atoms with Crippen LogP contribution in [-0.4, -0.2) is 47.0 Å². The van der Waals surface area contributed by atoms with Gasteiger partial charge in [0, 0.05) is 17.7 Å². The Labute approximate surface area is 213 Å². The number of phenols is 1. The van der Waals surface area contributed by atoms with Crippen molar-refractivity contribution >= 4 is 21.6 Å². The molecule has 8 nitrogen and oxygen atoms in total. The third-order valence-corrected chi connectivity index (χ3v) is 6.96. The van der Waals surface area contributed by atoms with Crippen molar-refractivity contribution in [2.24, 2.45) is 0 Å². The lowest BCUT2D eigenvalue weighted by Gasteiger charge is -2.23. The number of benzene rings is 3. The van der Waals surface area contributed by atoms with Crippen molar-refractivity contribution in [3.63, 3.8) is 0 Å². The molecule has 0 saturated heterocycles. The lowest BCUT2D eigenvalue weighted by molar-refractivity contribution is -0.164. The zero-order chi connectivity index (χ0) is 25.5. The molecule has 4 aromatic rings. The second-order valence-electron chi connectivity index (χ2n) is 8.65. The molecule has 9 heteroatoms. The topological polar surface area (TPSA) is 127 Å². The Bertz CT molecular complexity index is 1370. The first-order valence-corrected chi connectivity index (χ1v) is 12.6. The highest BCUT2D eigenvalue weighted by atomic mass is 32.1. The smallest absolute Gasteiger partial charge is 0.305 e. The Balaban J connectivity index is 1.25. The van der Waals surface area contributed by atoms with Crippen LogP contribution in [0, 0.1) is 0 Å². The fraction of sp³-hybridized carbons (Fsp3) is 0.296. The highest BCUT2D eigenvalue weighted by Gasteiger charge is 2.29. The fourth-order valence-electron chi connectivity index (χ4n) is 4.17. The first-order valence-electron chi connectivity index (χ1n) is 11.8. The molecular weight excluding hydrogens is 478 g/mol. The summed E-state index contributed by atoms with van der Waals surface area (Å²) in [6.07, 6.45) is 1.62. The van der Waals surface area contributed by atoms with Crippen molar-refractivity contribution in [1.82, 2.24) is 15.6 Å². The third-order valence-electron chi connectivity index (χ3n) is 6.04. The quantitative estimate of drug-likeness (QED) is 0.128. The molecule has 0 aliphatic heterocycles. The number of phenolic OH excluding ortho intramolecular Hbond substituents is 1. The highest BCUT2D eigenvalue weighted by molar-refractivity contribution is 7.16. The Morgan fingerprint density at radius 1 is 0.972 bits per heavy atom. The summed E-state index contributed by atoms with van der Waals surface area (Å²) in [4.78, 5) is 13.9. The van der Waals surface area contributed by atoms with Gasteiger partial charge in [-0.2, -0.15) is 0 Å². The van der Waals surface area contributed by atoms with Crippen molar-refractivity contribution in [2.45, 2.75) is 25.2 Å². The maximum absolute atomic E-state index is 11.7. The number of nitrogens with one attached hydrogen (secondary N) is 3. The van der Waals surface area contributed by atoms with E-state index in [4.69, 9.17) is 4.74 Å². The molecule has 0 amide bonds. The maximum Gasteiger partial charge on any atom is 0.305 e. The molecule has 0 spiro atoms. The van der Waals surface area contributed by atoms with E-state index in [9.17, 15) is 20.1 Å². The number of aromatic amines is 1. The van der Waals surface area contributed by atoms with E-state index in [1.165, 1.54) is 17.7 Å². The summed E-state index contributed by atoms with van der Waals surface area (Å²) in [6.45, 7) is 2.00. The highest BCUT2D eigenvalue weighted by Crippen LogP contribution is 2.32. The Morgan fingerprint density at radius 2 is 1.69 bits per heavy atom. The van der Waals surface area contributed by atoms with Crippen molar-refractivity contribution in [2.75, 3.05) is 26.7 Å². The molecule has 0 fully saturated rings. The minimum Gasteiger partial charge on any atom is -0.506 e. The summed E-state index contributed by atoms with van der Waals surface area (Å²) in [6, 6.07) is 19.1. The molecule has 1 aromatic heterocycles. The standard InChI is InChI=1S/C27H31N3O5S/c1-35-23-8-3-2-7-20(23)16-28-13-11-18-5-4-6-19(15-18)12-14-29-17-27(33,34)21-9-10-22(31)24-25(21)36-26(32)30-24/h2-10,15,28-29,31,33-34H,11-14,16-17H2,1H3,(H,30,32). The second kappa shape index (κ2) is 11.7. The van der Waals surface area contributed by atoms with Crippen LogP contribution in [0.3, 0.4) is 0 Å². The number of rotatable bonds is 12. The van der Waals surface area contributed by atoms with Gasteiger partial charge in [-0.15, -0.1) is 0 Å². The van der Waals surface area contributed by atoms with Crippen LogP contribution in [0.15, 0.2) is 65.5 Å². The van der Waals surface area contributed by atoms with Gasteiger partial charge in [0.25, 0.3) is 0 Å². The lowest BCUT2D eigenvalue weighted by Crippen LogP contribution is -2.38. The summed E-state index contributed by atoms with van der Waals surface area (Å²) in [7, 11) is 1.68. The van der Waals surface area contributed by atoms with Crippen LogP contribution in [0.2, 0.25) is 0 Å². The molecule has 4 rings (SSSR count). The normalized spacial score (nSPS) is 11.8. The zero-order valence-corrected chi connectivity index (χ0v) is 20.9. The number of hydrogen-bond acceptors (Lipinski definition) is 8. The van der Waals surface area contributed by atoms with Gasteiger partial charge >= 0.3 is 4.87 Å². The monoisotopic (exact) mass is 509 g/mol. The van der Waals surface area contributed by atoms with Crippen LogP contribution < -0.4 is 20.2 Å². The number of aromatic hydroxyl groups is 1. The number of ether oxygens (including phenoxy) is 1. The number of thiazole rings is 1. The van der Waals surface area contributed by atoms with E-state index < -0.39 is 5.79 Å². The molecule has 6 N–H and O–H groups in total. The van der Waals surface area contributed by atoms with Gasteiger partial charge in [-0.05, 0) is 55.3 Å². The molecule has 0 bridgehead atoms. The lowest BCUT2D eigenvalue weighted by atomic mass is 10.0. The van der Waals surface area contributed by atoms with E-state index in [1.54, 1.807) is 7.11 Å². The van der Waals surface area contributed by atoms with Crippen LogP contribution in [0.5, 0.6) is 11.5 Å². The summed E-state index contributed by atoms with van der Waals surface area (Å²) < 4.78 is 5.73. The fourth-order valence-corrected chi connectivity index (χ4v) is 5.11. The van der Waals surface area contributed by atoms with Crippen molar-refractivity contribution in [3.8, 4) is 11.5 Å². The average Bonchev–Trinajstić information content (AvgIpc) is 3.27. The molecule has 0 aliphatic carbocycles. The maximum atomic E-state index is 11.7. The molecular formula is C27H31N3O5S. The van der Waals surface area contributed by atoms with E-state index in [0.29, 0.717) is 11.2 Å². The average molecular weight is 510 g/mol. The minimum atomic E-state index is -2.19. The molecule has 0 atom stereocenters. The molecule has 36 heavy (non-hydrogen) atoms. The summed E-state index contributed by atoms with van der Waals surface area (Å²) >= 11 is 0.836. The van der Waals surface area contributed by atoms with Gasteiger partial charge in [-0.25, -0.2) is 0 Å². The zero-order valence-electron chi connectivity index (χ0n) is 20.1. The van der Waals surface area contributed by atoms with E-state index >= 15 is 0 Å². The SMILES string of the molecule is COc1ccccc1CNCCc1cccc(CCNCC(O)(O)c2ccc(O)c3[nH]c(=O)sc23)c1. The summed E-state index contributed by atoms with van der Waals surface area (Å²) in [5, 5.41) is 37.8. The molecule has 1 heterocycles. The van der Waals surface area contributed by atoms with Crippen LogP contribution in [-0.2, 0) is 25.2 Å². The number of H-pyrrole nitrogens is 1. The van der Waals surface area contributed by atoms with Crippen molar-refractivity contribution in [1.29, 1.82) is 0 Å². The third kappa shape index (κ3) is 6.31. The van der Waals surface area contributed by atoms with Crippen LogP contribution >= 0.6 is 11.3 Å². The van der Waals surface area contributed by atoms with E-state index in [2.05, 4.69) is 39.9 Å². The summed E-state index contributed by atoms with van der Waals surface area (Å²) in [5.74, 6) is -1.41. The van der Waals surface area contributed by atoms with Gasteiger partial charge in [0.1, 0.15) is 17.0 Å². The van der Waals surface area contributed by atoms with Gasteiger partial charge in [-0.3, -0.25) is 4.79 Å². The Kier molecular flexibility index (Phi) is 8.40. The second-order valence-corrected chi connectivity index (χ2v) is 9.64. The molecule has 0 saturated carbocycles. The largest absolute Gasteiger partial charge is 0.506 e. The minimum absolute atomic E-state index is 0.106. The number of aliphatic hydroxyl groups is 2. The van der Waals surface area contributed by atoms with Crippen LogP contribution in [0.25, 0.3) is 10.2 Å². The predicted octanol–water partition coefficient (Wildman–Crippen LogP) is 2.61. The van der Waals surface area contributed by atoms with Crippen LogP contribution in [0.4, 0.5) is 0 Å². The molecule has 0 aliphatic rings. The first kappa shape index (κ1) is 25.9. The molecule has 0 radical (unpaired) electrons. The summed E-state index contributed by atoms with van der Waals surface area (Å²) in [5.41, 5.74) is 3.90.